The molecular formula is C21H31FN3O14P. The maximum atomic E-state index is 15.7. The number of methoxy groups -OCH3 is 1. The highest BCUT2D eigenvalue weighted by Crippen LogP contribution is 2.69. The summed E-state index contributed by atoms with van der Waals surface area (Å²) >= 11 is 0. The molecule has 2 aliphatic rings. The lowest BCUT2D eigenvalue weighted by Gasteiger charge is -2.25. The van der Waals surface area contributed by atoms with Crippen LogP contribution in [0.4, 0.5) is 19.8 Å². The number of nitrogen functional groups attached to an aromatic ring is 1. The molecule has 0 bridgehead atoms. The van der Waals surface area contributed by atoms with Crippen molar-refractivity contribution in [2.45, 2.75) is 69.6 Å². The molecule has 1 unspecified atom stereocenters. The van der Waals surface area contributed by atoms with E-state index in [2.05, 4.69) is 14.5 Å². The summed E-state index contributed by atoms with van der Waals surface area (Å²) in [6, 6.07) is 1.22. The molecule has 1 saturated heterocycles. The lowest BCUT2D eigenvalue weighted by atomic mass is 10.1. The Bertz CT molecular complexity index is 1150. The van der Waals surface area contributed by atoms with Crippen LogP contribution in [0.2, 0.25) is 0 Å². The van der Waals surface area contributed by atoms with Gasteiger partial charge in [0.15, 0.2) is 23.6 Å². The molecule has 2 heterocycles. The largest absolute Gasteiger partial charge is 0.510 e. The van der Waals surface area contributed by atoms with Crippen molar-refractivity contribution in [3.63, 3.8) is 0 Å². The maximum Gasteiger partial charge on any atom is 0.510 e. The summed E-state index contributed by atoms with van der Waals surface area (Å²) in [5.41, 5.74) is -0.0414. The van der Waals surface area contributed by atoms with Crippen molar-refractivity contribution in [3.05, 3.63) is 22.7 Å². The fourth-order valence-corrected chi connectivity index (χ4v) is 5.04. The number of hydrogen-bond donors (Lipinski definition) is 2. The standard InChI is InChI=1S/C21H31FN3O14P/c1-11(2)36-18(27)32-9-34-40(30,35-10-33-19(28)37-12(3)4)39-16-20(8-31-5)21(16,29)14(22)15(38-20)25-7-6-13(23)24-17(25)26/h6-7,11-12,14-16,29H,8-10H2,1-5H3,(H2,23,24,26)/t14-,15+,16?,20+,21+/m0/s1. The highest BCUT2D eigenvalue weighted by Gasteiger charge is 2.90. The number of ether oxygens (including phenoxy) is 6. The Morgan fingerprint density at radius 2 is 1.73 bits per heavy atom. The highest BCUT2D eigenvalue weighted by molar-refractivity contribution is 7.48. The fraction of sp³-hybridized carbons (Fsp3) is 0.714. The van der Waals surface area contributed by atoms with E-state index < -0.39 is 87.9 Å². The van der Waals surface area contributed by atoms with Crippen molar-refractivity contribution < 1.29 is 65.6 Å². The molecule has 0 radical (unpaired) electrons. The number of rotatable bonds is 13. The van der Waals surface area contributed by atoms with Crippen molar-refractivity contribution in [3.8, 4) is 0 Å². The average Bonchev–Trinajstić information content (AvgIpc) is 3.21. The van der Waals surface area contributed by atoms with E-state index in [-0.39, 0.29) is 5.82 Å². The van der Waals surface area contributed by atoms with Gasteiger partial charge in [-0.3, -0.25) is 9.09 Å². The summed E-state index contributed by atoms with van der Waals surface area (Å²) in [5.74, 6) is -0.124. The minimum absolute atomic E-state index is 0.124. The predicted octanol–water partition coefficient (Wildman–Crippen LogP) is 1.39. The first-order valence-corrected chi connectivity index (χ1v) is 13.3. The number of aliphatic hydroxyl groups is 1. The van der Waals surface area contributed by atoms with Gasteiger partial charge in [-0.1, -0.05) is 0 Å². The van der Waals surface area contributed by atoms with Crippen LogP contribution in [0.25, 0.3) is 0 Å². The van der Waals surface area contributed by atoms with Crippen LogP contribution in [0.3, 0.4) is 0 Å². The van der Waals surface area contributed by atoms with Crippen LogP contribution >= 0.6 is 7.82 Å². The van der Waals surface area contributed by atoms with Gasteiger partial charge in [0.25, 0.3) is 0 Å². The number of nitrogens with two attached hydrogens (primary N) is 1. The number of phosphoric ester groups is 1. The zero-order valence-electron chi connectivity index (χ0n) is 22.2. The molecule has 0 aromatic carbocycles. The quantitative estimate of drug-likeness (QED) is 0.186. The normalized spacial score (nSPS) is 27.4. The lowest BCUT2D eigenvalue weighted by Crippen LogP contribution is -2.38. The summed E-state index contributed by atoms with van der Waals surface area (Å²) < 4.78 is 74.6. The Kier molecular flexibility index (Phi) is 9.77. The van der Waals surface area contributed by atoms with Gasteiger partial charge in [-0.15, -0.1) is 0 Å². The van der Waals surface area contributed by atoms with Gasteiger partial charge in [0.05, 0.1) is 18.8 Å². The molecule has 1 aromatic heterocycles. The summed E-state index contributed by atoms with van der Waals surface area (Å²) in [5, 5.41) is 11.2. The number of hydrogen-bond acceptors (Lipinski definition) is 16. The maximum absolute atomic E-state index is 15.7. The molecule has 3 N–H and O–H groups in total. The number of halogens is 1. The van der Waals surface area contributed by atoms with E-state index in [1.165, 1.54) is 13.2 Å². The fourth-order valence-electron chi connectivity index (χ4n) is 3.89. The zero-order valence-corrected chi connectivity index (χ0v) is 23.1. The third-order valence-corrected chi connectivity index (χ3v) is 6.89. The van der Waals surface area contributed by atoms with Crippen LogP contribution < -0.4 is 11.4 Å². The van der Waals surface area contributed by atoms with E-state index in [1.807, 2.05) is 0 Å². The topological polar surface area (TPSA) is 215 Å². The zero-order chi connectivity index (χ0) is 29.9. The lowest BCUT2D eigenvalue weighted by molar-refractivity contribution is -0.115. The first-order valence-electron chi connectivity index (χ1n) is 11.8. The predicted molar refractivity (Wildman–Crippen MR) is 127 cm³/mol. The minimum Gasteiger partial charge on any atom is -0.432 e. The molecule has 1 saturated carbocycles. The molecule has 0 spiro atoms. The Morgan fingerprint density at radius 1 is 1.18 bits per heavy atom. The summed E-state index contributed by atoms with van der Waals surface area (Å²) in [4.78, 5) is 39.0. The number of nitrogens with zero attached hydrogens (tertiary/aromatic N) is 2. The Morgan fingerprint density at radius 3 is 2.20 bits per heavy atom. The summed E-state index contributed by atoms with van der Waals surface area (Å²) in [6.45, 7) is 3.59. The number of alkyl halides is 1. The monoisotopic (exact) mass is 599 g/mol. The molecule has 226 valence electrons. The second kappa shape index (κ2) is 12.3. The van der Waals surface area contributed by atoms with E-state index in [9.17, 15) is 24.1 Å². The smallest absolute Gasteiger partial charge is 0.432 e. The first-order chi connectivity index (χ1) is 18.7. The average molecular weight is 599 g/mol. The van der Waals surface area contributed by atoms with Crippen LogP contribution in [-0.2, 0) is 46.6 Å². The van der Waals surface area contributed by atoms with Crippen LogP contribution in [0.15, 0.2) is 17.1 Å². The third-order valence-electron chi connectivity index (χ3n) is 5.58. The molecule has 1 aromatic rings. The van der Waals surface area contributed by atoms with E-state index >= 15 is 4.39 Å². The van der Waals surface area contributed by atoms with Gasteiger partial charge in [-0.2, -0.15) is 4.98 Å². The molecule has 40 heavy (non-hydrogen) atoms. The van der Waals surface area contributed by atoms with Crippen LogP contribution in [0.1, 0.15) is 33.9 Å². The second-order valence-corrected chi connectivity index (χ2v) is 10.8. The molecule has 0 amide bonds. The molecule has 17 nitrogen and oxygen atoms in total. The number of phosphoric acid groups is 1. The molecule has 19 heteroatoms. The highest BCUT2D eigenvalue weighted by atomic mass is 31.2. The van der Waals surface area contributed by atoms with Gasteiger partial charge in [-0.25, -0.2) is 32.4 Å². The molecule has 1 aliphatic carbocycles. The Balaban J connectivity index is 1.78. The molecule has 3 rings (SSSR count). The summed E-state index contributed by atoms with van der Waals surface area (Å²) in [7, 11) is -3.71. The third kappa shape index (κ3) is 6.54. The van der Waals surface area contributed by atoms with E-state index in [0.717, 1.165) is 10.8 Å². The number of aromatic nitrogens is 2. The number of carbonyl (C=O) groups excluding carboxylic acids is 2. The number of anilines is 1. The minimum atomic E-state index is -4.92. The van der Waals surface area contributed by atoms with Crippen LogP contribution in [0.5, 0.6) is 0 Å². The van der Waals surface area contributed by atoms with Gasteiger partial charge in [0.1, 0.15) is 11.9 Å². The Labute approximate surface area is 227 Å². The van der Waals surface area contributed by atoms with Gasteiger partial charge < -0.3 is 39.3 Å². The Hall–Kier alpha value is -2.86. The molecule has 1 aliphatic heterocycles. The SMILES string of the molecule is COC[C@]12O[C@@H](n3ccc(N)nc3=O)[C@H](F)[C@@]1(O)C2OP(=O)(OCOC(=O)OC(C)C)OCOC(=O)OC(C)C. The van der Waals surface area contributed by atoms with Crippen molar-refractivity contribution >= 4 is 26.0 Å². The van der Waals surface area contributed by atoms with Gasteiger partial charge in [-0.05, 0) is 33.8 Å². The van der Waals surface area contributed by atoms with Crippen LogP contribution in [0, 0.1) is 0 Å². The first kappa shape index (κ1) is 31.7. The van der Waals surface area contributed by atoms with Gasteiger partial charge >= 0.3 is 25.8 Å². The molecule has 2 fully saturated rings. The van der Waals surface area contributed by atoms with Crippen LogP contribution in [-0.4, -0.2) is 90.0 Å². The number of fused-ring (bicyclic) bond motifs is 1. The van der Waals surface area contributed by atoms with Gasteiger partial charge in [0.2, 0.25) is 13.6 Å². The summed E-state index contributed by atoms with van der Waals surface area (Å²) in [6.07, 6.45) is -8.15. The van der Waals surface area contributed by atoms with E-state index in [4.69, 9.17) is 38.3 Å². The molecular weight excluding hydrogens is 568 g/mol. The number of carbonyl (C=O) groups is 2. The van der Waals surface area contributed by atoms with Crippen molar-refractivity contribution in [1.82, 2.24) is 9.55 Å². The van der Waals surface area contributed by atoms with Crippen molar-refractivity contribution in [2.24, 2.45) is 0 Å². The second-order valence-electron chi connectivity index (χ2n) is 9.15. The van der Waals surface area contributed by atoms with E-state index in [1.54, 1.807) is 27.7 Å². The molecule has 5 atom stereocenters. The van der Waals surface area contributed by atoms with E-state index in [0.29, 0.717) is 0 Å². The van der Waals surface area contributed by atoms with Gasteiger partial charge in [0, 0.05) is 13.3 Å². The van der Waals surface area contributed by atoms with Crippen molar-refractivity contribution in [2.75, 3.05) is 33.0 Å². The van der Waals surface area contributed by atoms with Crippen molar-refractivity contribution in [1.29, 1.82) is 0 Å².